The van der Waals surface area contributed by atoms with Crippen LogP contribution in [0.5, 0.6) is 11.5 Å². The largest absolute Gasteiger partial charge is 0.493 e. The van der Waals surface area contributed by atoms with Crippen molar-refractivity contribution in [3.8, 4) is 11.5 Å². The van der Waals surface area contributed by atoms with Gasteiger partial charge in [-0.2, -0.15) is 0 Å². The summed E-state index contributed by atoms with van der Waals surface area (Å²) in [5.74, 6) is -0.415. The Hall–Kier alpha value is -4.16. The second kappa shape index (κ2) is 9.00. The predicted octanol–water partition coefficient (Wildman–Crippen LogP) is 3.07. The van der Waals surface area contributed by atoms with E-state index in [1.54, 1.807) is 24.3 Å². The second-order valence-corrected chi connectivity index (χ2v) is 8.86. The molecule has 34 heavy (non-hydrogen) atoms. The molecule has 2 N–H and O–H groups in total. The van der Waals surface area contributed by atoms with Gasteiger partial charge in [-0.25, -0.2) is 13.4 Å². The molecule has 0 aromatic heterocycles. The number of hydrogen-bond acceptors (Lipinski definition) is 8. The van der Waals surface area contributed by atoms with Gasteiger partial charge in [-0.05, 0) is 30.3 Å². The summed E-state index contributed by atoms with van der Waals surface area (Å²) in [6, 6.07) is 16.4. The molecular formula is C22H20N4O7S. The number of amides is 1. The minimum Gasteiger partial charge on any atom is -0.493 e. The van der Waals surface area contributed by atoms with E-state index in [2.05, 4.69) is 10.1 Å². The summed E-state index contributed by atoms with van der Waals surface area (Å²) in [6.07, 6.45) is -1.28. The number of fused-ring (bicyclic) bond motifs is 1. The van der Waals surface area contributed by atoms with Gasteiger partial charge >= 0.3 is 0 Å². The van der Waals surface area contributed by atoms with Gasteiger partial charge in [-0.3, -0.25) is 14.9 Å². The zero-order chi connectivity index (χ0) is 24.5. The molecule has 0 unspecified atom stereocenters. The van der Waals surface area contributed by atoms with E-state index in [4.69, 9.17) is 9.47 Å². The Morgan fingerprint density at radius 3 is 2.26 bits per heavy atom. The van der Waals surface area contributed by atoms with Crippen molar-refractivity contribution in [2.75, 3.05) is 19.5 Å². The third-order valence-electron chi connectivity index (χ3n) is 5.22. The van der Waals surface area contributed by atoms with E-state index in [0.717, 1.165) is 11.1 Å². The topological polar surface area (TPSA) is 140 Å². The zero-order valence-corrected chi connectivity index (χ0v) is 18.9. The van der Waals surface area contributed by atoms with Crippen LogP contribution in [0.3, 0.4) is 0 Å². The molecule has 0 bridgehead atoms. The molecule has 3 aromatic rings. The van der Waals surface area contributed by atoms with Crippen molar-refractivity contribution in [3.05, 3.63) is 88.0 Å². The van der Waals surface area contributed by atoms with Crippen LogP contribution in [-0.4, -0.2) is 38.5 Å². The fourth-order valence-corrected chi connectivity index (χ4v) is 4.68. The maximum Gasteiger partial charge on any atom is 0.280 e. The first-order valence-corrected chi connectivity index (χ1v) is 11.4. The highest BCUT2D eigenvalue weighted by Gasteiger charge is 2.39. The summed E-state index contributed by atoms with van der Waals surface area (Å²) >= 11 is 0. The standard InChI is InChI=1S/C22H20N4O7S/c1-32-19-12-16(18(26(28)29)13-20(19)33-2)21-23-17-11-7-6-10-15(17)22(27)25(21)24-34(30,31)14-8-4-3-5-9-14/h3-13,21,23-24H,1-2H3/t21-/m0/s1. The predicted molar refractivity (Wildman–Crippen MR) is 122 cm³/mol. The normalized spacial score (nSPS) is 15.3. The Bertz CT molecular complexity index is 1360. The number of sulfonamides is 1. The van der Waals surface area contributed by atoms with Crippen molar-refractivity contribution < 1.29 is 27.6 Å². The Balaban J connectivity index is 1.89. The van der Waals surface area contributed by atoms with E-state index >= 15 is 0 Å². The SMILES string of the molecule is COc1cc([C@H]2Nc3ccccc3C(=O)N2NS(=O)(=O)c2ccccc2)c([N+](=O)[O-])cc1OC. The van der Waals surface area contributed by atoms with Gasteiger partial charge in [0.2, 0.25) is 0 Å². The van der Waals surface area contributed by atoms with Crippen molar-refractivity contribution >= 4 is 27.3 Å². The van der Waals surface area contributed by atoms with E-state index < -0.39 is 32.7 Å². The highest BCUT2D eigenvalue weighted by molar-refractivity contribution is 7.89. The van der Waals surface area contributed by atoms with Gasteiger partial charge in [-0.15, -0.1) is 4.83 Å². The minimum atomic E-state index is -4.21. The molecule has 0 saturated carbocycles. The number of anilines is 1. The lowest BCUT2D eigenvalue weighted by molar-refractivity contribution is -0.386. The average molecular weight is 484 g/mol. The number of carbonyl (C=O) groups excluding carboxylic acids is 1. The van der Waals surface area contributed by atoms with Crippen LogP contribution in [-0.2, 0) is 10.0 Å². The van der Waals surface area contributed by atoms with Crippen LogP contribution in [0.25, 0.3) is 0 Å². The van der Waals surface area contributed by atoms with Gasteiger partial charge < -0.3 is 14.8 Å². The van der Waals surface area contributed by atoms with E-state index in [1.807, 2.05) is 0 Å². The van der Waals surface area contributed by atoms with Gasteiger partial charge in [0.25, 0.3) is 21.6 Å². The van der Waals surface area contributed by atoms with Crippen molar-refractivity contribution in [1.82, 2.24) is 9.84 Å². The number of para-hydroxylation sites is 1. The molecule has 1 aliphatic heterocycles. The van der Waals surface area contributed by atoms with Gasteiger partial charge in [0.15, 0.2) is 17.7 Å². The maximum absolute atomic E-state index is 13.4. The van der Waals surface area contributed by atoms with Crippen molar-refractivity contribution in [3.63, 3.8) is 0 Å². The van der Waals surface area contributed by atoms with E-state index in [-0.39, 0.29) is 27.5 Å². The fraction of sp³-hybridized carbons (Fsp3) is 0.136. The van der Waals surface area contributed by atoms with Crippen LogP contribution >= 0.6 is 0 Å². The van der Waals surface area contributed by atoms with Gasteiger partial charge in [0, 0.05) is 5.69 Å². The molecule has 0 aliphatic carbocycles. The monoisotopic (exact) mass is 484 g/mol. The van der Waals surface area contributed by atoms with Crippen molar-refractivity contribution in [2.45, 2.75) is 11.1 Å². The van der Waals surface area contributed by atoms with Crippen LogP contribution in [0, 0.1) is 10.1 Å². The molecule has 3 aromatic carbocycles. The van der Waals surface area contributed by atoms with Gasteiger partial charge in [-0.1, -0.05) is 30.3 Å². The highest BCUT2D eigenvalue weighted by atomic mass is 32.2. The number of rotatable bonds is 7. The number of benzene rings is 3. The number of carbonyl (C=O) groups is 1. The summed E-state index contributed by atoms with van der Waals surface area (Å²) in [7, 11) is -1.52. The summed E-state index contributed by atoms with van der Waals surface area (Å²) in [5.41, 5.74) is 0.168. The number of nitrogens with zero attached hydrogens (tertiary/aromatic N) is 2. The van der Waals surface area contributed by atoms with E-state index in [9.17, 15) is 23.3 Å². The zero-order valence-electron chi connectivity index (χ0n) is 18.1. The number of hydrazine groups is 1. The highest BCUT2D eigenvalue weighted by Crippen LogP contribution is 2.41. The third kappa shape index (κ3) is 4.11. The molecule has 1 aliphatic rings. The van der Waals surface area contributed by atoms with Crippen LogP contribution in [0.2, 0.25) is 0 Å². The lowest BCUT2D eigenvalue weighted by atomic mass is 10.0. The summed E-state index contributed by atoms with van der Waals surface area (Å²) in [5, 5.41) is 15.8. The smallest absolute Gasteiger partial charge is 0.280 e. The molecule has 0 saturated heterocycles. The number of nitro groups is 1. The molecule has 1 atom stereocenters. The summed E-state index contributed by atoms with van der Waals surface area (Å²) in [4.78, 5) is 26.9. The quantitative estimate of drug-likeness (QED) is 0.385. The Morgan fingerprint density at radius 1 is 1.00 bits per heavy atom. The summed E-state index contributed by atoms with van der Waals surface area (Å²) in [6.45, 7) is 0. The first kappa shape index (κ1) is 23.0. The number of ether oxygens (including phenoxy) is 2. The number of hydrogen-bond donors (Lipinski definition) is 2. The van der Waals surface area contributed by atoms with Crippen LogP contribution in [0.4, 0.5) is 11.4 Å². The van der Waals surface area contributed by atoms with Crippen LogP contribution < -0.4 is 19.6 Å². The molecular weight excluding hydrogens is 464 g/mol. The van der Waals surface area contributed by atoms with Crippen molar-refractivity contribution in [1.29, 1.82) is 0 Å². The fourth-order valence-electron chi connectivity index (χ4n) is 3.61. The molecule has 12 heteroatoms. The van der Waals surface area contributed by atoms with Gasteiger partial charge in [0.1, 0.15) is 0 Å². The van der Waals surface area contributed by atoms with E-state index in [0.29, 0.717) is 5.69 Å². The first-order valence-electron chi connectivity index (χ1n) is 9.93. The molecule has 1 heterocycles. The van der Waals surface area contributed by atoms with Crippen LogP contribution in [0.1, 0.15) is 22.1 Å². The molecule has 0 fully saturated rings. The summed E-state index contributed by atoms with van der Waals surface area (Å²) < 4.78 is 36.6. The molecule has 11 nitrogen and oxygen atoms in total. The molecule has 0 spiro atoms. The molecule has 4 rings (SSSR count). The third-order valence-corrected chi connectivity index (χ3v) is 6.55. The average Bonchev–Trinajstić information content (AvgIpc) is 2.85. The Labute approximate surface area is 195 Å². The first-order chi connectivity index (χ1) is 16.3. The van der Waals surface area contributed by atoms with Gasteiger partial charge in [0.05, 0.1) is 41.2 Å². The number of nitro benzene ring substituents is 1. The number of methoxy groups -OCH3 is 2. The van der Waals surface area contributed by atoms with E-state index in [1.165, 1.54) is 50.6 Å². The molecule has 176 valence electrons. The minimum absolute atomic E-state index is 0.0127. The van der Waals surface area contributed by atoms with Crippen LogP contribution in [0.15, 0.2) is 71.6 Å². The Kier molecular flexibility index (Phi) is 6.09. The molecule has 1 amide bonds. The lowest BCUT2D eigenvalue weighted by Crippen LogP contribution is -2.52. The lowest BCUT2D eigenvalue weighted by Gasteiger charge is -2.37. The number of nitrogens with one attached hydrogen (secondary N) is 2. The Morgan fingerprint density at radius 2 is 1.62 bits per heavy atom. The molecule has 0 radical (unpaired) electrons. The second-order valence-electron chi connectivity index (χ2n) is 7.20. The van der Waals surface area contributed by atoms with Crippen molar-refractivity contribution in [2.24, 2.45) is 0 Å². The maximum atomic E-state index is 13.4.